The highest BCUT2D eigenvalue weighted by Crippen LogP contribution is 2.28. The van der Waals surface area contributed by atoms with Crippen LogP contribution in [-0.2, 0) is 0 Å². The minimum absolute atomic E-state index is 0.511. The van der Waals surface area contributed by atoms with E-state index in [1.54, 1.807) is 0 Å². The normalized spacial score (nSPS) is 18.8. The Morgan fingerprint density at radius 2 is 1.96 bits per heavy atom. The highest BCUT2D eigenvalue weighted by molar-refractivity contribution is 5.91. The van der Waals surface area contributed by atoms with E-state index >= 15 is 0 Å². The summed E-state index contributed by atoms with van der Waals surface area (Å²) in [5.74, 6) is 1.05. The van der Waals surface area contributed by atoms with Gasteiger partial charge in [0.05, 0.1) is 5.52 Å². The van der Waals surface area contributed by atoms with Gasteiger partial charge in [0.2, 0.25) is 0 Å². The molecule has 0 radical (unpaired) electrons. The molecule has 1 aliphatic rings. The molecule has 1 fully saturated rings. The minimum atomic E-state index is 0.511. The molecule has 3 heterocycles. The number of likely N-dealkylation sites (tertiary alicyclic amines) is 1. The third-order valence-electron chi connectivity index (χ3n) is 4.83. The van der Waals surface area contributed by atoms with E-state index in [4.69, 9.17) is 10.7 Å². The highest BCUT2D eigenvalue weighted by atomic mass is 15.1. The van der Waals surface area contributed by atoms with Crippen LogP contribution in [0.5, 0.6) is 0 Å². The van der Waals surface area contributed by atoms with Crippen LogP contribution in [0.4, 0.5) is 5.82 Å². The Kier molecular flexibility index (Phi) is 3.86. The second-order valence-corrected chi connectivity index (χ2v) is 6.56. The van der Waals surface area contributed by atoms with Crippen LogP contribution in [0.2, 0.25) is 0 Å². The van der Waals surface area contributed by atoms with Gasteiger partial charge in [0, 0.05) is 35.3 Å². The summed E-state index contributed by atoms with van der Waals surface area (Å²) in [5.41, 5.74) is 10.2. The number of fused-ring (bicyclic) bond motifs is 1. The fourth-order valence-corrected chi connectivity index (χ4v) is 3.48. The Labute approximate surface area is 141 Å². The molecule has 5 nitrogen and oxygen atoms in total. The van der Waals surface area contributed by atoms with E-state index in [2.05, 4.69) is 40.1 Å². The molecule has 1 atom stereocenters. The SMILES string of the molecule is CN1CCCC(c2ccc(-c3ccc4ncnc(N)c4c3)cn2)C1. The smallest absolute Gasteiger partial charge is 0.134 e. The van der Waals surface area contributed by atoms with Gasteiger partial charge in [-0.2, -0.15) is 0 Å². The third-order valence-corrected chi connectivity index (χ3v) is 4.83. The van der Waals surface area contributed by atoms with Crippen molar-refractivity contribution in [2.75, 3.05) is 25.9 Å². The minimum Gasteiger partial charge on any atom is -0.383 e. The van der Waals surface area contributed by atoms with Crippen LogP contribution in [0, 0.1) is 0 Å². The molecule has 4 rings (SSSR count). The molecule has 1 saturated heterocycles. The predicted octanol–water partition coefficient (Wildman–Crippen LogP) is 3.08. The Morgan fingerprint density at radius 1 is 1.08 bits per heavy atom. The number of nitrogen functional groups attached to an aromatic ring is 1. The number of aromatic nitrogens is 3. The van der Waals surface area contributed by atoms with Crippen LogP contribution in [0.15, 0.2) is 42.9 Å². The fraction of sp³-hybridized carbons (Fsp3) is 0.316. The first-order valence-electron chi connectivity index (χ1n) is 8.36. The monoisotopic (exact) mass is 319 g/mol. The van der Waals surface area contributed by atoms with Gasteiger partial charge in [-0.05, 0) is 50.2 Å². The lowest BCUT2D eigenvalue weighted by atomic mass is 9.94. The van der Waals surface area contributed by atoms with Gasteiger partial charge in [-0.1, -0.05) is 12.1 Å². The summed E-state index contributed by atoms with van der Waals surface area (Å²) in [6, 6.07) is 10.4. The van der Waals surface area contributed by atoms with Crippen LogP contribution >= 0.6 is 0 Å². The Balaban J connectivity index is 1.64. The summed E-state index contributed by atoms with van der Waals surface area (Å²) in [6.45, 7) is 2.28. The third kappa shape index (κ3) is 2.83. The van der Waals surface area contributed by atoms with Gasteiger partial charge >= 0.3 is 0 Å². The number of pyridine rings is 1. The number of hydrogen-bond donors (Lipinski definition) is 1. The standard InChI is InChI=1S/C19H21N5/c1-24-8-2-3-15(11-24)17-6-5-14(10-21-17)13-4-7-18-16(9-13)19(20)23-12-22-18/h4-7,9-10,12,15H,2-3,8,11H2,1H3,(H2,20,22,23). The number of likely N-dealkylation sites (N-methyl/N-ethyl adjacent to an activating group) is 1. The van der Waals surface area contributed by atoms with Gasteiger partial charge in [0.25, 0.3) is 0 Å². The van der Waals surface area contributed by atoms with E-state index in [1.807, 2.05) is 18.3 Å². The Bertz CT molecular complexity index is 859. The van der Waals surface area contributed by atoms with E-state index in [0.29, 0.717) is 11.7 Å². The van der Waals surface area contributed by atoms with Crippen LogP contribution in [0.25, 0.3) is 22.0 Å². The number of hydrogen-bond acceptors (Lipinski definition) is 5. The molecule has 3 aromatic rings. The Morgan fingerprint density at radius 3 is 2.75 bits per heavy atom. The number of benzene rings is 1. The van der Waals surface area contributed by atoms with E-state index in [1.165, 1.54) is 31.4 Å². The van der Waals surface area contributed by atoms with E-state index in [0.717, 1.165) is 28.6 Å². The lowest BCUT2D eigenvalue weighted by molar-refractivity contribution is 0.248. The van der Waals surface area contributed by atoms with Crippen LogP contribution in [-0.4, -0.2) is 40.0 Å². The van der Waals surface area contributed by atoms with Crippen LogP contribution in [0.3, 0.4) is 0 Å². The average molecular weight is 319 g/mol. The second-order valence-electron chi connectivity index (χ2n) is 6.56. The zero-order valence-corrected chi connectivity index (χ0v) is 13.8. The zero-order chi connectivity index (χ0) is 16.5. The zero-order valence-electron chi connectivity index (χ0n) is 13.8. The maximum absolute atomic E-state index is 5.97. The number of nitrogens with two attached hydrogens (primary N) is 1. The summed E-state index contributed by atoms with van der Waals surface area (Å²) in [6.07, 6.45) is 5.93. The average Bonchev–Trinajstić information content (AvgIpc) is 2.62. The number of rotatable bonds is 2. The van der Waals surface area contributed by atoms with E-state index < -0.39 is 0 Å². The molecule has 0 spiro atoms. The highest BCUT2D eigenvalue weighted by Gasteiger charge is 2.19. The van der Waals surface area contributed by atoms with Crippen molar-refractivity contribution in [3.63, 3.8) is 0 Å². The van der Waals surface area contributed by atoms with E-state index in [-0.39, 0.29) is 0 Å². The second kappa shape index (κ2) is 6.17. The van der Waals surface area contributed by atoms with Crippen LogP contribution in [0.1, 0.15) is 24.5 Å². The summed E-state index contributed by atoms with van der Waals surface area (Å²) in [7, 11) is 2.18. The van der Waals surface area contributed by atoms with Crippen LogP contribution < -0.4 is 5.73 Å². The van der Waals surface area contributed by atoms with Crippen molar-refractivity contribution in [1.82, 2.24) is 19.9 Å². The topological polar surface area (TPSA) is 67.9 Å². The summed E-state index contributed by atoms with van der Waals surface area (Å²) < 4.78 is 0. The summed E-state index contributed by atoms with van der Waals surface area (Å²) >= 11 is 0. The number of piperidine rings is 1. The summed E-state index contributed by atoms with van der Waals surface area (Å²) in [5, 5.41) is 0.882. The molecule has 1 aromatic carbocycles. The van der Waals surface area contributed by atoms with Crippen molar-refractivity contribution in [2.24, 2.45) is 0 Å². The van der Waals surface area contributed by atoms with Gasteiger partial charge in [-0.25, -0.2) is 9.97 Å². The number of anilines is 1. The molecule has 0 aliphatic carbocycles. The van der Waals surface area contributed by atoms with Gasteiger partial charge in [-0.15, -0.1) is 0 Å². The molecule has 2 aromatic heterocycles. The predicted molar refractivity (Wildman–Crippen MR) is 96.7 cm³/mol. The largest absolute Gasteiger partial charge is 0.383 e. The molecule has 24 heavy (non-hydrogen) atoms. The van der Waals surface area contributed by atoms with Crippen molar-refractivity contribution in [3.8, 4) is 11.1 Å². The molecule has 0 bridgehead atoms. The van der Waals surface area contributed by atoms with Crippen molar-refractivity contribution in [2.45, 2.75) is 18.8 Å². The molecule has 0 amide bonds. The number of nitrogens with zero attached hydrogens (tertiary/aromatic N) is 4. The maximum Gasteiger partial charge on any atom is 0.134 e. The molecular weight excluding hydrogens is 298 g/mol. The first-order chi connectivity index (χ1) is 11.7. The van der Waals surface area contributed by atoms with Gasteiger partial charge < -0.3 is 10.6 Å². The molecule has 1 unspecified atom stereocenters. The van der Waals surface area contributed by atoms with Gasteiger partial charge in [0.15, 0.2) is 0 Å². The summed E-state index contributed by atoms with van der Waals surface area (Å²) in [4.78, 5) is 15.4. The fourth-order valence-electron chi connectivity index (χ4n) is 3.48. The van der Waals surface area contributed by atoms with Crippen molar-refractivity contribution in [1.29, 1.82) is 0 Å². The molecule has 5 heteroatoms. The van der Waals surface area contributed by atoms with Crippen molar-refractivity contribution in [3.05, 3.63) is 48.5 Å². The molecule has 2 N–H and O–H groups in total. The molecular formula is C19H21N5. The first-order valence-corrected chi connectivity index (χ1v) is 8.36. The van der Waals surface area contributed by atoms with Crippen molar-refractivity contribution < 1.29 is 0 Å². The Hall–Kier alpha value is -2.53. The molecule has 0 saturated carbocycles. The lowest BCUT2D eigenvalue weighted by Crippen LogP contribution is -2.31. The van der Waals surface area contributed by atoms with Gasteiger partial charge in [0.1, 0.15) is 12.1 Å². The van der Waals surface area contributed by atoms with E-state index in [9.17, 15) is 0 Å². The van der Waals surface area contributed by atoms with Crippen molar-refractivity contribution >= 4 is 16.7 Å². The maximum atomic E-state index is 5.97. The lowest BCUT2D eigenvalue weighted by Gasteiger charge is -2.29. The first kappa shape index (κ1) is 15.0. The molecule has 1 aliphatic heterocycles. The van der Waals surface area contributed by atoms with Gasteiger partial charge in [-0.3, -0.25) is 4.98 Å². The molecule has 122 valence electrons. The quantitative estimate of drug-likeness (QED) is 0.786.